The van der Waals surface area contributed by atoms with E-state index in [0.29, 0.717) is 13.2 Å². The molecular formula is C21H19BrClNO. The molecule has 3 aromatic carbocycles. The minimum Gasteiger partial charge on any atom is -0.489 e. The predicted molar refractivity (Wildman–Crippen MR) is 108 cm³/mol. The summed E-state index contributed by atoms with van der Waals surface area (Å²) in [6.07, 6.45) is 0. The number of halogens is 2. The van der Waals surface area contributed by atoms with Gasteiger partial charge in [0.15, 0.2) is 0 Å². The third kappa shape index (κ3) is 5.25. The van der Waals surface area contributed by atoms with Gasteiger partial charge in [0, 0.05) is 27.3 Å². The van der Waals surface area contributed by atoms with Gasteiger partial charge in [0.1, 0.15) is 12.4 Å². The number of anilines is 1. The molecule has 0 unspecified atom stereocenters. The van der Waals surface area contributed by atoms with Crippen LogP contribution in [-0.4, -0.2) is 0 Å². The maximum Gasteiger partial charge on any atom is 0.124 e. The minimum absolute atomic E-state index is 0.510. The minimum atomic E-state index is 0.510. The fourth-order valence-corrected chi connectivity index (χ4v) is 2.97. The summed E-state index contributed by atoms with van der Waals surface area (Å²) < 4.78 is 7.06. The van der Waals surface area contributed by atoms with Crippen molar-refractivity contribution in [1.82, 2.24) is 0 Å². The average Bonchev–Trinajstić information content (AvgIpc) is 2.62. The van der Waals surface area contributed by atoms with Crippen molar-refractivity contribution >= 4 is 33.2 Å². The van der Waals surface area contributed by atoms with Gasteiger partial charge < -0.3 is 10.1 Å². The molecule has 4 heteroatoms. The van der Waals surface area contributed by atoms with Crippen LogP contribution in [-0.2, 0) is 13.2 Å². The Kier molecular flexibility index (Phi) is 6.00. The molecule has 0 aromatic heterocycles. The molecule has 1 N–H and O–H groups in total. The smallest absolute Gasteiger partial charge is 0.124 e. The molecule has 2 nitrogen and oxygen atoms in total. The molecule has 0 aliphatic rings. The van der Waals surface area contributed by atoms with E-state index in [1.807, 2.05) is 36.4 Å². The number of aryl methyl sites for hydroxylation is 1. The van der Waals surface area contributed by atoms with Crippen LogP contribution in [0.4, 0.5) is 5.69 Å². The number of nitrogens with one attached hydrogen (secondary N) is 1. The van der Waals surface area contributed by atoms with Crippen LogP contribution < -0.4 is 10.1 Å². The van der Waals surface area contributed by atoms with Gasteiger partial charge in [-0.1, -0.05) is 57.4 Å². The third-order valence-corrected chi connectivity index (χ3v) is 4.61. The van der Waals surface area contributed by atoms with E-state index >= 15 is 0 Å². The van der Waals surface area contributed by atoms with E-state index in [9.17, 15) is 0 Å². The van der Waals surface area contributed by atoms with Crippen LogP contribution in [0.25, 0.3) is 0 Å². The monoisotopic (exact) mass is 415 g/mol. The van der Waals surface area contributed by atoms with Crippen LogP contribution in [0.1, 0.15) is 16.7 Å². The fraction of sp³-hybridized carbons (Fsp3) is 0.143. The summed E-state index contributed by atoms with van der Waals surface area (Å²) in [5.74, 6) is 0.873. The van der Waals surface area contributed by atoms with Crippen molar-refractivity contribution < 1.29 is 4.74 Å². The lowest BCUT2D eigenvalue weighted by Gasteiger charge is -2.14. The van der Waals surface area contributed by atoms with Crippen molar-refractivity contribution in [1.29, 1.82) is 0 Å². The molecule has 0 aliphatic carbocycles. The number of hydrogen-bond donors (Lipinski definition) is 1. The van der Waals surface area contributed by atoms with Gasteiger partial charge in [-0.3, -0.25) is 0 Å². The first-order chi connectivity index (χ1) is 12.1. The van der Waals surface area contributed by atoms with Crippen LogP contribution in [0.5, 0.6) is 5.75 Å². The van der Waals surface area contributed by atoms with Crippen LogP contribution in [0.2, 0.25) is 5.02 Å². The Morgan fingerprint density at radius 2 is 1.68 bits per heavy atom. The second kappa shape index (κ2) is 8.41. The van der Waals surface area contributed by atoms with Crippen molar-refractivity contribution in [2.24, 2.45) is 0 Å². The van der Waals surface area contributed by atoms with Gasteiger partial charge in [-0.25, -0.2) is 0 Å². The molecule has 0 spiro atoms. The van der Waals surface area contributed by atoms with Gasteiger partial charge >= 0.3 is 0 Å². The molecule has 128 valence electrons. The molecule has 0 amide bonds. The molecule has 0 radical (unpaired) electrons. The maximum atomic E-state index is 6.02. The Bertz CT molecular complexity index is 832. The van der Waals surface area contributed by atoms with E-state index in [-0.39, 0.29) is 0 Å². The first kappa shape index (κ1) is 17.8. The zero-order valence-corrected chi connectivity index (χ0v) is 16.3. The van der Waals surface area contributed by atoms with Gasteiger partial charge in [-0.2, -0.15) is 0 Å². The molecule has 0 atom stereocenters. The van der Waals surface area contributed by atoms with Crippen molar-refractivity contribution in [3.8, 4) is 5.75 Å². The molecule has 25 heavy (non-hydrogen) atoms. The van der Waals surface area contributed by atoms with E-state index in [1.54, 1.807) is 0 Å². The molecular weight excluding hydrogens is 398 g/mol. The fourth-order valence-electron chi connectivity index (χ4n) is 2.44. The SMILES string of the molecule is Cc1ccc(NCc2cc(Br)ccc2OCc2ccc(Cl)cc2)cc1. The summed E-state index contributed by atoms with van der Waals surface area (Å²) in [7, 11) is 0. The summed E-state index contributed by atoms with van der Waals surface area (Å²) in [5, 5.41) is 4.17. The molecule has 0 heterocycles. The standard InChI is InChI=1S/C21H19BrClNO/c1-15-2-9-20(10-3-15)24-13-17-12-18(22)6-11-21(17)25-14-16-4-7-19(23)8-5-16/h2-12,24H,13-14H2,1H3. The Hall–Kier alpha value is -1.97. The van der Waals surface area contributed by atoms with Crippen LogP contribution in [0.3, 0.4) is 0 Å². The number of benzene rings is 3. The second-order valence-electron chi connectivity index (χ2n) is 5.89. The number of rotatable bonds is 6. The Balaban J connectivity index is 1.69. The predicted octanol–water partition coefficient (Wildman–Crippen LogP) is 6.60. The lowest BCUT2D eigenvalue weighted by atomic mass is 10.2. The van der Waals surface area contributed by atoms with Gasteiger partial charge in [0.2, 0.25) is 0 Å². The lowest BCUT2D eigenvalue weighted by Crippen LogP contribution is -2.04. The highest BCUT2D eigenvalue weighted by molar-refractivity contribution is 9.10. The highest BCUT2D eigenvalue weighted by Gasteiger charge is 2.06. The molecule has 3 aromatic rings. The zero-order valence-electron chi connectivity index (χ0n) is 13.9. The Labute approximate surface area is 161 Å². The first-order valence-corrected chi connectivity index (χ1v) is 9.23. The number of ether oxygens (including phenoxy) is 1. The molecule has 0 saturated heterocycles. The van der Waals surface area contributed by atoms with E-state index in [1.165, 1.54) is 5.56 Å². The summed E-state index contributed by atoms with van der Waals surface area (Å²) >= 11 is 9.46. The normalized spacial score (nSPS) is 10.5. The molecule has 0 saturated carbocycles. The highest BCUT2D eigenvalue weighted by atomic mass is 79.9. The quantitative estimate of drug-likeness (QED) is 0.488. The van der Waals surface area contributed by atoms with Crippen molar-refractivity contribution in [2.75, 3.05) is 5.32 Å². The van der Waals surface area contributed by atoms with Crippen molar-refractivity contribution in [2.45, 2.75) is 20.1 Å². The molecule has 0 bridgehead atoms. The topological polar surface area (TPSA) is 21.3 Å². The van der Waals surface area contributed by atoms with Crippen LogP contribution in [0.15, 0.2) is 71.2 Å². The summed E-state index contributed by atoms with van der Waals surface area (Å²) in [4.78, 5) is 0. The van der Waals surface area contributed by atoms with Gasteiger partial charge in [-0.15, -0.1) is 0 Å². The van der Waals surface area contributed by atoms with Gasteiger partial charge in [0.05, 0.1) is 0 Å². The van der Waals surface area contributed by atoms with E-state index in [2.05, 4.69) is 58.5 Å². The van der Waals surface area contributed by atoms with Crippen molar-refractivity contribution in [3.63, 3.8) is 0 Å². The summed E-state index contributed by atoms with van der Waals surface area (Å²) in [6, 6.07) is 22.1. The zero-order chi connectivity index (χ0) is 17.6. The van der Waals surface area contributed by atoms with E-state index in [0.717, 1.165) is 32.1 Å². The average molecular weight is 417 g/mol. The van der Waals surface area contributed by atoms with E-state index < -0.39 is 0 Å². The molecule has 0 aliphatic heterocycles. The Morgan fingerprint density at radius 1 is 0.960 bits per heavy atom. The summed E-state index contributed by atoms with van der Waals surface area (Å²) in [5.41, 5.74) is 4.53. The second-order valence-corrected chi connectivity index (χ2v) is 7.24. The largest absolute Gasteiger partial charge is 0.489 e. The van der Waals surface area contributed by atoms with Gasteiger partial charge in [0.25, 0.3) is 0 Å². The molecule has 0 fully saturated rings. The van der Waals surface area contributed by atoms with E-state index in [4.69, 9.17) is 16.3 Å². The third-order valence-electron chi connectivity index (χ3n) is 3.86. The first-order valence-electron chi connectivity index (χ1n) is 8.06. The van der Waals surface area contributed by atoms with Crippen LogP contribution >= 0.6 is 27.5 Å². The maximum absolute atomic E-state index is 6.02. The van der Waals surface area contributed by atoms with Crippen LogP contribution in [0, 0.1) is 6.92 Å². The van der Waals surface area contributed by atoms with Crippen molar-refractivity contribution in [3.05, 3.63) is 92.9 Å². The Morgan fingerprint density at radius 3 is 2.40 bits per heavy atom. The lowest BCUT2D eigenvalue weighted by molar-refractivity contribution is 0.303. The highest BCUT2D eigenvalue weighted by Crippen LogP contribution is 2.25. The number of hydrogen-bond acceptors (Lipinski definition) is 2. The summed E-state index contributed by atoms with van der Waals surface area (Å²) in [6.45, 7) is 3.29. The van der Waals surface area contributed by atoms with Gasteiger partial charge in [-0.05, 0) is 55.0 Å². The molecule has 3 rings (SSSR count).